The molecule has 0 aromatic heterocycles. The van der Waals surface area contributed by atoms with Crippen LogP contribution in [0.3, 0.4) is 0 Å². The van der Waals surface area contributed by atoms with Gasteiger partial charge in [0.25, 0.3) is 0 Å². The molecule has 0 heterocycles. The van der Waals surface area contributed by atoms with Gasteiger partial charge in [-0.2, -0.15) is 0 Å². The summed E-state index contributed by atoms with van der Waals surface area (Å²) in [6.07, 6.45) is 7.74. The van der Waals surface area contributed by atoms with Gasteiger partial charge in [0.1, 0.15) is 0 Å². The Kier molecular flexibility index (Phi) is 5.44. The lowest BCUT2D eigenvalue weighted by Crippen LogP contribution is -1.79. The molecule has 0 aliphatic heterocycles. The smallest absolute Gasteiger partial charge is 0.0374 e. The van der Waals surface area contributed by atoms with Crippen LogP contribution >= 0.6 is 0 Å². The van der Waals surface area contributed by atoms with Gasteiger partial charge < -0.3 is 0 Å². The summed E-state index contributed by atoms with van der Waals surface area (Å²) in [5, 5.41) is 0. The third kappa shape index (κ3) is 4.17. The zero-order chi connectivity index (χ0) is 9.56. The van der Waals surface area contributed by atoms with E-state index in [1.807, 2.05) is 0 Å². The van der Waals surface area contributed by atoms with Gasteiger partial charge in [0.2, 0.25) is 0 Å². The summed E-state index contributed by atoms with van der Waals surface area (Å²) in [5.74, 6) is 0. The van der Waals surface area contributed by atoms with Gasteiger partial charge in [0.15, 0.2) is 0 Å². The van der Waals surface area contributed by atoms with Crippen LogP contribution in [-0.2, 0) is 0 Å². The zero-order valence-electron chi connectivity index (χ0n) is 8.94. The Labute approximate surface area is 76.7 Å². The minimum Gasteiger partial charge on any atom is -0.0845 e. The molecule has 0 N–H and O–H groups in total. The average Bonchev–Trinajstić information content (AvgIpc) is 2.03. The molecule has 0 aromatic rings. The summed E-state index contributed by atoms with van der Waals surface area (Å²) in [4.78, 5) is 0. The summed E-state index contributed by atoms with van der Waals surface area (Å²) in [6, 6.07) is 0. The summed E-state index contributed by atoms with van der Waals surface area (Å²) in [5.41, 5.74) is 4.08. The fourth-order valence-electron chi connectivity index (χ4n) is 1.06. The molecule has 0 rings (SSSR count). The highest BCUT2D eigenvalue weighted by molar-refractivity contribution is 5.33. The van der Waals surface area contributed by atoms with E-state index in [2.05, 4.69) is 52.8 Å². The van der Waals surface area contributed by atoms with Crippen LogP contribution in [0, 0.1) is 0 Å². The molecule has 0 fully saturated rings. The second-order valence-electron chi connectivity index (χ2n) is 3.16. The van der Waals surface area contributed by atoms with Crippen molar-refractivity contribution in [1.29, 1.82) is 0 Å². The molecule has 0 atom stereocenters. The summed E-state index contributed by atoms with van der Waals surface area (Å²) in [6.45, 7) is 10.7. The molecule has 0 nitrogen and oxygen atoms in total. The molecule has 12 heavy (non-hydrogen) atoms. The van der Waals surface area contributed by atoms with E-state index in [9.17, 15) is 0 Å². The Morgan fingerprint density at radius 2 is 1.67 bits per heavy atom. The average molecular weight is 164 g/mol. The maximum absolute atomic E-state index is 2.24. The largest absolute Gasteiger partial charge is 0.0845 e. The van der Waals surface area contributed by atoms with Crippen molar-refractivity contribution in [2.24, 2.45) is 0 Å². The van der Waals surface area contributed by atoms with Crippen LogP contribution in [0.1, 0.15) is 41.0 Å². The van der Waals surface area contributed by atoms with Gasteiger partial charge in [-0.25, -0.2) is 0 Å². The zero-order valence-corrected chi connectivity index (χ0v) is 8.94. The minimum absolute atomic E-state index is 1.12. The lowest BCUT2D eigenvalue weighted by Gasteiger charge is -2.00. The van der Waals surface area contributed by atoms with E-state index >= 15 is 0 Å². The van der Waals surface area contributed by atoms with E-state index in [1.54, 1.807) is 0 Å². The van der Waals surface area contributed by atoms with Crippen molar-refractivity contribution in [2.75, 3.05) is 0 Å². The van der Waals surface area contributed by atoms with Gasteiger partial charge in [-0.3, -0.25) is 0 Å². The highest BCUT2D eigenvalue weighted by Crippen LogP contribution is 2.11. The Bertz CT molecular complexity index is 214. The molecule has 68 valence electrons. The molecule has 0 amide bonds. The highest BCUT2D eigenvalue weighted by Gasteiger charge is 1.90. The number of rotatable bonds is 3. The number of allylic oxidation sites excluding steroid dienone is 6. The predicted molar refractivity (Wildman–Crippen MR) is 57.2 cm³/mol. The first-order valence-corrected chi connectivity index (χ1v) is 4.60. The van der Waals surface area contributed by atoms with Crippen molar-refractivity contribution in [1.82, 2.24) is 0 Å². The molecule has 0 aliphatic carbocycles. The van der Waals surface area contributed by atoms with Crippen LogP contribution in [0.4, 0.5) is 0 Å². The maximum Gasteiger partial charge on any atom is -0.0374 e. The van der Waals surface area contributed by atoms with Gasteiger partial charge in [-0.15, -0.1) is 0 Å². The minimum atomic E-state index is 1.12. The van der Waals surface area contributed by atoms with E-state index in [1.165, 1.54) is 16.7 Å². The lowest BCUT2D eigenvalue weighted by molar-refractivity contribution is 1.19. The Morgan fingerprint density at radius 3 is 2.08 bits per heavy atom. The SMILES string of the molecule is C/C=C(C)/C(C)=C\C(C)=C/CC. The van der Waals surface area contributed by atoms with E-state index in [-0.39, 0.29) is 0 Å². The first-order valence-electron chi connectivity index (χ1n) is 4.60. The highest BCUT2D eigenvalue weighted by atomic mass is 14.0. The van der Waals surface area contributed by atoms with Crippen molar-refractivity contribution in [3.05, 3.63) is 34.9 Å². The van der Waals surface area contributed by atoms with Crippen LogP contribution in [0.15, 0.2) is 34.9 Å². The molecule has 0 heteroatoms. The second-order valence-corrected chi connectivity index (χ2v) is 3.16. The lowest BCUT2D eigenvalue weighted by atomic mass is 10.1. The maximum atomic E-state index is 2.24. The van der Waals surface area contributed by atoms with Gasteiger partial charge in [-0.1, -0.05) is 36.3 Å². The molecule has 0 aromatic carbocycles. The van der Waals surface area contributed by atoms with Gasteiger partial charge in [0.05, 0.1) is 0 Å². The summed E-state index contributed by atoms with van der Waals surface area (Å²) < 4.78 is 0. The van der Waals surface area contributed by atoms with E-state index in [0.29, 0.717) is 0 Å². The molecule has 0 bridgehead atoms. The fourth-order valence-corrected chi connectivity index (χ4v) is 1.06. The van der Waals surface area contributed by atoms with E-state index in [4.69, 9.17) is 0 Å². The van der Waals surface area contributed by atoms with Gasteiger partial charge >= 0.3 is 0 Å². The summed E-state index contributed by atoms with van der Waals surface area (Å²) in [7, 11) is 0. The molecule has 0 aliphatic rings. The third-order valence-electron chi connectivity index (χ3n) is 2.03. The molecule has 0 saturated carbocycles. The van der Waals surface area contributed by atoms with Crippen LogP contribution in [-0.4, -0.2) is 0 Å². The van der Waals surface area contributed by atoms with E-state index < -0.39 is 0 Å². The van der Waals surface area contributed by atoms with Crippen LogP contribution in [0.2, 0.25) is 0 Å². The normalized spacial score (nSPS) is 15.2. The van der Waals surface area contributed by atoms with Crippen LogP contribution in [0.5, 0.6) is 0 Å². The molecular weight excluding hydrogens is 144 g/mol. The molecule has 0 unspecified atom stereocenters. The third-order valence-corrected chi connectivity index (χ3v) is 2.03. The van der Waals surface area contributed by atoms with E-state index in [0.717, 1.165) is 6.42 Å². The monoisotopic (exact) mass is 164 g/mol. The predicted octanol–water partition coefficient (Wildman–Crippen LogP) is 4.26. The first-order chi connectivity index (χ1) is 5.61. The van der Waals surface area contributed by atoms with Gasteiger partial charge in [-0.05, 0) is 39.7 Å². The van der Waals surface area contributed by atoms with Crippen molar-refractivity contribution < 1.29 is 0 Å². The van der Waals surface area contributed by atoms with Crippen LogP contribution in [0.25, 0.3) is 0 Å². The molecular formula is C12H20. The van der Waals surface area contributed by atoms with Crippen molar-refractivity contribution in [2.45, 2.75) is 41.0 Å². The van der Waals surface area contributed by atoms with Crippen molar-refractivity contribution in [3.63, 3.8) is 0 Å². The Balaban J connectivity index is 4.46. The van der Waals surface area contributed by atoms with Gasteiger partial charge in [0, 0.05) is 0 Å². The molecule has 0 radical (unpaired) electrons. The molecule has 0 spiro atoms. The number of hydrogen-bond donors (Lipinski definition) is 0. The first kappa shape index (κ1) is 11.2. The van der Waals surface area contributed by atoms with Crippen LogP contribution < -0.4 is 0 Å². The fraction of sp³-hybridized carbons (Fsp3) is 0.500. The number of hydrogen-bond acceptors (Lipinski definition) is 0. The Hall–Kier alpha value is -0.780. The molecule has 0 saturated heterocycles. The van der Waals surface area contributed by atoms with Crippen molar-refractivity contribution in [3.8, 4) is 0 Å². The summed E-state index contributed by atoms with van der Waals surface area (Å²) >= 11 is 0. The van der Waals surface area contributed by atoms with Crippen molar-refractivity contribution >= 4 is 0 Å². The standard InChI is InChI=1S/C12H20/c1-6-8-10(3)9-12(5)11(4)7-2/h7-9H,6H2,1-5H3/b10-8-,11-7+,12-9-. The Morgan fingerprint density at radius 1 is 1.08 bits per heavy atom. The topological polar surface area (TPSA) is 0 Å². The quantitative estimate of drug-likeness (QED) is 0.547. The second kappa shape index (κ2) is 5.82.